The van der Waals surface area contributed by atoms with Gasteiger partial charge in [0.1, 0.15) is 17.6 Å². The first kappa shape index (κ1) is 13.5. The SMILES string of the molecule is COc1cc2c(cc1Br)[C@@H](O)C[C@@H](c1ccccc1)O2. The molecule has 0 amide bonds. The number of ether oxygens (including phenoxy) is 2. The van der Waals surface area contributed by atoms with Crippen molar-refractivity contribution < 1.29 is 14.6 Å². The molecule has 0 unspecified atom stereocenters. The summed E-state index contributed by atoms with van der Waals surface area (Å²) in [6, 6.07) is 13.6. The van der Waals surface area contributed by atoms with E-state index in [-0.39, 0.29) is 6.10 Å². The number of hydrogen-bond acceptors (Lipinski definition) is 3. The Morgan fingerprint density at radius 2 is 2.00 bits per heavy atom. The van der Waals surface area contributed by atoms with Gasteiger partial charge in [-0.2, -0.15) is 0 Å². The number of rotatable bonds is 2. The molecule has 0 spiro atoms. The topological polar surface area (TPSA) is 38.7 Å². The van der Waals surface area contributed by atoms with Crippen molar-refractivity contribution in [3.63, 3.8) is 0 Å². The van der Waals surface area contributed by atoms with Crippen LogP contribution in [0.1, 0.15) is 29.8 Å². The van der Waals surface area contributed by atoms with Crippen molar-refractivity contribution in [2.45, 2.75) is 18.6 Å². The van der Waals surface area contributed by atoms with Gasteiger partial charge < -0.3 is 14.6 Å². The minimum absolute atomic E-state index is 0.135. The van der Waals surface area contributed by atoms with Gasteiger partial charge in [-0.05, 0) is 27.6 Å². The van der Waals surface area contributed by atoms with Crippen LogP contribution in [0, 0.1) is 0 Å². The molecule has 0 fully saturated rings. The average molecular weight is 335 g/mol. The van der Waals surface area contributed by atoms with Crippen LogP contribution in [0.15, 0.2) is 46.9 Å². The summed E-state index contributed by atoms with van der Waals surface area (Å²) in [4.78, 5) is 0. The van der Waals surface area contributed by atoms with Crippen molar-refractivity contribution in [3.8, 4) is 11.5 Å². The van der Waals surface area contributed by atoms with Gasteiger partial charge in [0.2, 0.25) is 0 Å². The molecule has 1 N–H and O–H groups in total. The van der Waals surface area contributed by atoms with Crippen LogP contribution >= 0.6 is 15.9 Å². The normalized spacial score (nSPS) is 20.9. The number of methoxy groups -OCH3 is 1. The molecule has 3 rings (SSSR count). The van der Waals surface area contributed by atoms with Crippen molar-refractivity contribution in [1.82, 2.24) is 0 Å². The van der Waals surface area contributed by atoms with Crippen LogP contribution in [-0.2, 0) is 0 Å². The van der Waals surface area contributed by atoms with Gasteiger partial charge in [-0.15, -0.1) is 0 Å². The van der Waals surface area contributed by atoms with E-state index in [0.717, 1.165) is 15.6 Å². The van der Waals surface area contributed by atoms with Gasteiger partial charge >= 0.3 is 0 Å². The van der Waals surface area contributed by atoms with Crippen molar-refractivity contribution in [2.75, 3.05) is 7.11 Å². The zero-order valence-electron chi connectivity index (χ0n) is 11.0. The lowest BCUT2D eigenvalue weighted by Crippen LogP contribution is -2.19. The van der Waals surface area contributed by atoms with Gasteiger partial charge in [0.15, 0.2) is 0 Å². The van der Waals surface area contributed by atoms with Gasteiger partial charge in [-0.3, -0.25) is 0 Å². The predicted molar refractivity (Wildman–Crippen MR) is 80.1 cm³/mol. The standard InChI is InChI=1S/C16H15BrO3/c1-19-16-9-15-11(7-12(16)17)13(18)8-14(20-15)10-5-3-2-4-6-10/h2-7,9,13-14,18H,8H2,1H3/t13-,14-/m0/s1. The largest absolute Gasteiger partial charge is 0.495 e. The number of aliphatic hydroxyl groups is 1. The fraction of sp³-hybridized carbons (Fsp3) is 0.250. The second kappa shape index (κ2) is 5.46. The molecule has 1 aliphatic heterocycles. The number of benzene rings is 2. The number of halogens is 1. The third-order valence-electron chi connectivity index (χ3n) is 3.52. The Morgan fingerprint density at radius 3 is 2.70 bits per heavy atom. The van der Waals surface area contributed by atoms with Crippen LogP contribution in [0.2, 0.25) is 0 Å². The summed E-state index contributed by atoms with van der Waals surface area (Å²) in [7, 11) is 1.61. The summed E-state index contributed by atoms with van der Waals surface area (Å²) in [5, 5.41) is 10.3. The Balaban J connectivity index is 1.98. The Morgan fingerprint density at radius 1 is 1.25 bits per heavy atom. The summed E-state index contributed by atoms with van der Waals surface area (Å²) in [6.45, 7) is 0. The van der Waals surface area contributed by atoms with Crippen molar-refractivity contribution in [2.24, 2.45) is 0 Å². The van der Waals surface area contributed by atoms with E-state index < -0.39 is 6.10 Å². The first-order valence-corrected chi connectivity index (χ1v) is 7.25. The first-order chi connectivity index (χ1) is 9.69. The summed E-state index contributed by atoms with van der Waals surface area (Å²) < 4.78 is 12.1. The van der Waals surface area contributed by atoms with E-state index in [1.165, 1.54) is 0 Å². The third-order valence-corrected chi connectivity index (χ3v) is 4.14. The molecule has 1 heterocycles. The molecule has 20 heavy (non-hydrogen) atoms. The highest BCUT2D eigenvalue weighted by atomic mass is 79.9. The molecule has 2 aromatic carbocycles. The summed E-state index contributed by atoms with van der Waals surface area (Å²) in [5.41, 5.74) is 1.86. The molecule has 3 nitrogen and oxygen atoms in total. The molecule has 0 saturated heterocycles. The fourth-order valence-corrected chi connectivity index (χ4v) is 2.99. The Labute approximate surface area is 126 Å². The zero-order valence-corrected chi connectivity index (χ0v) is 12.6. The molecular formula is C16H15BrO3. The van der Waals surface area contributed by atoms with Gasteiger partial charge in [0, 0.05) is 18.1 Å². The van der Waals surface area contributed by atoms with Crippen molar-refractivity contribution in [3.05, 3.63) is 58.1 Å². The summed E-state index contributed by atoms with van der Waals surface area (Å²) in [5.74, 6) is 1.38. The molecule has 0 saturated carbocycles. The maximum absolute atomic E-state index is 10.3. The predicted octanol–water partition coefficient (Wildman–Crippen LogP) is 4.01. The van der Waals surface area contributed by atoms with E-state index in [4.69, 9.17) is 9.47 Å². The molecule has 4 heteroatoms. The minimum atomic E-state index is -0.536. The van der Waals surface area contributed by atoms with Crippen LogP contribution in [-0.4, -0.2) is 12.2 Å². The highest BCUT2D eigenvalue weighted by molar-refractivity contribution is 9.10. The molecule has 1 aliphatic rings. The second-order valence-corrected chi connectivity index (χ2v) is 5.65. The van der Waals surface area contributed by atoms with E-state index in [9.17, 15) is 5.11 Å². The summed E-state index contributed by atoms with van der Waals surface area (Å²) >= 11 is 3.43. The van der Waals surface area contributed by atoms with Crippen molar-refractivity contribution in [1.29, 1.82) is 0 Å². The smallest absolute Gasteiger partial charge is 0.136 e. The molecule has 0 aromatic heterocycles. The molecular weight excluding hydrogens is 320 g/mol. The Hall–Kier alpha value is -1.52. The number of fused-ring (bicyclic) bond motifs is 1. The van der Waals surface area contributed by atoms with Crippen LogP contribution in [0.25, 0.3) is 0 Å². The van der Waals surface area contributed by atoms with E-state index in [2.05, 4.69) is 15.9 Å². The molecule has 2 atom stereocenters. The minimum Gasteiger partial charge on any atom is -0.495 e. The lowest BCUT2D eigenvalue weighted by atomic mass is 9.95. The lowest BCUT2D eigenvalue weighted by molar-refractivity contribution is 0.0654. The molecule has 0 radical (unpaired) electrons. The van der Waals surface area contributed by atoms with Crippen LogP contribution < -0.4 is 9.47 Å². The highest BCUT2D eigenvalue weighted by Gasteiger charge is 2.29. The van der Waals surface area contributed by atoms with Crippen LogP contribution in [0.5, 0.6) is 11.5 Å². The van der Waals surface area contributed by atoms with E-state index in [1.54, 1.807) is 7.11 Å². The molecule has 0 bridgehead atoms. The van der Waals surface area contributed by atoms with Gasteiger partial charge in [-0.1, -0.05) is 30.3 Å². The molecule has 104 valence electrons. The maximum atomic E-state index is 10.3. The molecule has 0 aliphatic carbocycles. The van der Waals surface area contributed by atoms with Gasteiger partial charge in [-0.25, -0.2) is 0 Å². The second-order valence-electron chi connectivity index (χ2n) is 4.79. The quantitative estimate of drug-likeness (QED) is 0.901. The van der Waals surface area contributed by atoms with E-state index in [1.807, 2.05) is 42.5 Å². The number of hydrogen-bond donors (Lipinski definition) is 1. The fourth-order valence-electron chi connectivity index (χ4n) is 2.47. The third kappa shape index (κ3) is 2.41. The Bertz CT molecular complexity index is 613. The summed E-state index contributed by atoms with van der Waals surface area (Å²) in [6.07, 6.45) is -0.119. The average Bonchev–Trinajstić information content (AvgIpc) is 2.48. The van der Waals surface area contributed by atoms with E-state index >= 15 is 0 Å². The van der Waals surface area contributed by atoms with Crippen molar-refractivity contribution >= 4 is 15.9 Å². The van der Waals surface area contributed by atoms with Crippen LogP contribution in [0.3, 0.4) is 0 Å². The zero-order chi connectivity index (χ0) is 14.1. The van der Waals surface area contributed by atoms with Crippen LogP contribution in [0.4, 0.5) is 0 Å². The Kier molecular flexibility index (Phi) is 3.68. The first-order valence-electron chi connectivity index (χ1n) is 6.46. The monoisotopic (exact) mass is 334 g/mol. The lowest BCUT2D eigenvalue weighted by Gasteiger charge is -2.30. The molecule has 2 aromatic rings. The van der Waals surface area contributed by atoms with Gasteiger partial charge in [0.25, 0.3) is 0 Å². The van der Waals surface area contributed by atoms with E-state index in [0.29, 0.717) is 17.9 Å². The van der Waals surface area contributed by atoms with Gasteiger partial charge in [0.05, 0.1) is 17.7 Å². The maximum Gasteiger partial charge on any atom is 0.136 e. The number of aliphatic hydroxyl groups excluding tert-OH is 1. The highest BCUT2D eigenvalue weighted by Crippen LogP contribution is 2.44.